The molecule has 4 nitrogen and oxygen atoms in total. The Labute approximate surface area is 235 Å². The minimum Gasteiger partial charge on any atom is -0.371 e. The molecule has 3 aromatic rings. The zero-order chi connectivity index (χ0) is 27.0. The summed E-state index contributed by atoms with van der Waals surface area (Å²) in [6.07, 6.45) is 6.54. The molecule has 2 aromatic carbocycles. The van der Waals surface area contributed by atoms with Gasteiger partial charge in [-0.3, -0.25) is 0 Å². The summed E-state index contributed by atoms with van der Waals surface area (Å²) in [4.78, 5) is 10.2. The van der Waals surface area contributed by atoms with Crippen LogP contribution >= 0.6 is 22.9 Å². The van der Waals surface area contributed by atoms with Crippen LogP contribution in [-0.4, -0.2) is 30.0 Å². The standard InChI is InChI=1S/C32H35ClN4S/c1-21(19-32(2,3)4)37-16-14-22(15-17-37)25-7-6-23-10-13-28(27(23)18-25)36(5)31-35-30(29(20-34)38-31)24-8-11-26(33)12-9-24/h6-9,11-12,14,18,28H,1,10,13,15-17,19H2,2-5H3. The Morgan fingerprint density at radius 2 is 1.92 bits per heavy atom. The average molecular weight is 543 g/mol. The molecular weight excluding hydrogens is 508 g/mol. The molecule has 1 atom stereocenters. The smallest absolute Gasteiger partial charge is 0.187 e. The van der Waals surface area contributed by atoms with Gasteiger partial charge in [-0.05, 0) is 71.6 Å². The predicted molar refractivity (Wildman–Crippen MR) is 161 cm³/mol. The molecular formula is C32H35ClN4S. The first kappa shape index (κ1) is 26.5. The van der Waals surface area contributed by atoms with Gasteiger partial charge in [0.25, 0.3) is 0 Å². The minimum atomic E-state index is 0.243. The van der Waals surface area contributed by atoms with Crippen LogP contribution in [0.3, 0.4) is 0 Å². The van der Waals surface area contributed by atoms with Gasteiger partial charge in [0.15, 0.2) is 5.13 Å². The number of aryl methyl sites for hydroxylation is 1. The summed E-state index contributed by atoms with van der Waals surface area (Å²) in [7, 11) is 2.11. The fourth-order valence-electron chi connectivity index (χ4n) is 5.60. The number of nitriles is 1. The van der Waals surface area contributed by atoms with E-state index in [1.807, 2.05) is 24.3 Å². The monoisotopic (exact) mass is 542 g/mol. The summed E-state index contributed by atoms with van der Waals surface area (Å²) in [5.74, 6) is 0. The van der Waals surface area contributed by atoms with E-state index in [1.165, 1.54) is 39.3 Å². The van der Waals surface area contributed by atoms with Gasteiger partial charge >= 0.3 is 0 Å². The van der Waals surface area contributed by atoms with Crippen molar-refractivity contribution in [1.29, 1.82) is 5.26 Å². The van der Waals surface area contributed by atoms with Crippen molar-refractivity contribution in [3.8, 4) is 17.3 Å². The zero-order valence-corrected chi connectivity index (χ0v) is 24.3. The quantitative estimate of drug-likeness (QED) is 0.313. The Hall–Kier alpha value is -3.07. The highest BCUT2D eigenvalue weighted by Crippen LogP contribution is 2.42. The molecule has 196 valence electrons. The molecule has 1 aliphatic heterocycles. The van der Waals surface area contributed by atoms with Crippen LogP contribution in [0, 0.1) is 16.7 Å². The summed E-state index contributed by atoms with van der Waals surface area (Å²) in [5, 5.41) is 11.4. The van der Waals surface area contributed by atoms with Crippen LogP contribution in [-0.2, 0) is 6.42 Å². The molecule has 0 fully saturated rings. The maximum atomic E-state index is 9.80. The molecule has 6 heteroatoms. The van der Waals surface area contributed by atoms with Gasteiger partial charge in [-0.15, -0.1) is 0 Å². The van der Waals surface area contributed by atoms with E-state index in [4.69, 9.17) is 16.6 Å². The summed E-state index contributed by atoms with van der Waals surface area (Å²) in [5.41, 5.74) is 8.68. The highest BCUT2D eigenvalue weighted by Gasteiger charge is 2.29. The van der Waals surface area contributed by atoms with Crippen LogP contribution in [0.1, 0.15) is 67.6 Å². The Bertz CT molecular complexity index is 1420. The molecule has 0 spiro atoms. The van der Waals surface area contributed by atoms with Crippen LogP contribution in [0.2, 0.25) is 5.02 Å². The Balaban J connectivity index is 1.36. The van der Waals surface area contributed by atoms with Crippen LogP contribution in [0.4, 0.5) is 5.13 Å². The second-order valence-corrected chi connectivity index (χ2v) is 13.0. The number of benzene rings is 2. The van der Waals surface area contributed by atoms with E-state index >= 15 is 0 Å². The lowest BCUT2D eigenvalue weighted by Crippen LogP contribution is -2.29. The zero-order valence-electron chi connectivity index (χ0n) is 22.7. The van der Waals surface area contributed by atoms with E-state index in [0.717, 1.165) is 55.2 Å². The summed E-state index contributed by atoms with van der Waals surface area (Å²) >= 11 is 7.54. The van der Waals surface area contributed by atoms with Crippen LogP contribution in [0.25, 0.3) is 16.8 Å². The topological polar surface area (TPSA) is 43.2 Å². The number of hydrogen-bond donors (Lipinski definition) is 0. The molecule has 0 bridgehead atoms. The summed E-state index contributed by atoms with van der Waals surface area (Å²) < 4.78 is 0. The molecule has 38 heavy (non-hydrogen) atoms. The van der Waals surface area contributed by atoms with Gasteiger partial charge < -0.3 is 9.80 Å². The van der Waals surface area contributed by atoms with Crippen molar-refractivity contribution in [3.05, 3.63) is 87.4 Å². The van der Waals surface area contributed by atoms with Gasteiger partial charge in [0, 0.05) is 36.4 Å². The molecule has 2 heterocycles. The lowest BCUT2D eigenvalue weighted by atomic mass is 9.89. The first-order chi connectivity index (χ1) is 18.1. The van der Waals surface area contributed by atoms with Crippen molar-refractivity contribution < 1.29 is 0 Å². The van der Waals surface area contributed by atoms with Crippen molar-refractivity contribution in [2.24, 2.45) is 5.41 Å². The van der Waals surface area contributed by atoms with Gasteiger partial charge in [0.05, 0.1) is 6.04 Å². The number of rotatable bonds is 6. The molecule has 0 radical (unpaired) electrons. The van der Waals surface area contributed by atoms with Crippen molar-refractivity contribution in [2.75, 3.05) is 25.0 Å². The predicted octanol–water partition coefficient (Wildman–Crippen LogP) is 8.50. The maximum absolute atomic E-state index is 9.80. The summed E-state index contributed by atoms with van der Waals surface area (Å²) in [6, 6.07) is 17.1. The number of fused-ring (bicyclic) bond motifs is 1. The highest BCUT2D eigenvalue weighted by molar-refractivity contribution is 7.16. The number of allylic oxidation sites excluding steroid dienone is 1. The fourth-order valence-corrected chi connectivity index (χ4v) is 6.62. The highest BCUT2D eigenvalue weighted by atomic mass is 35.5. The second-order valence-electron chi connectivity index (χ2n) is 11.6. The van der Waals surface area contributed by atoms with Gasteiger partial charge in [-0.1, -0.05) is 80.6 Å². The van der Waals surface area contributed by atoms with Crippen molar-refractivity contribution in [3.63, 3.8) is 0 Å². The molecule has 0 saturated carbocycles. The van der Waals surface area contributed by atoms with Crippen molar-refractivity contribution in [1.82, 2.24) is 9.88 Å². The lowest BCUT2D eigenvalue weighted by molar-refractivity contribution is 0.308. The fraction of sp³-hybridized carbons (Fsp3) is 0.375. The molecule has 2 aliphatic rings. The minimum absolute atomic E-state index is 0.243. The average Bonchev–Trinajstić information content (AvgIpc) is 3.52. The molecule has 1 aromatic heterocycles. The Kier molecular flexibility index (Phi) is 7.40. The van der Waals surface area contributed by atoms with E-state index in [-0.39, 0.29) is 11.5 Å². The normalized spacial score (nSPS) is 17.1. The Morgan fingerprint density at radius 1 is 1.18 bits per heavy atom. The third-order valence-corrected chi connectivity index (χ3v) is 8.86. The van der Waals surface area contributed by atoms with E-state index in [1.54, 1.807) is 0 Å². The van der Waals surface area contributed by atoms with Crippen LogP contribution in [0.15, 0.2) is 60.8 Å². The van der Waals surface area contributed by atoms with E-state index < -0.39 is 0 Å². The number of halogens is 1. The van der Waals surface area contributed by atoms with E-state index in [2.05, 4.69) is 74.5 Å². The third kappa shape index (κ3) is 5.53. The van der Waals surface area contributed by atoms with Gasteiger partial charge in [0.1, 0.15) is 16.6 Å². The molecule has 0 saturated heterocycles. The molecule has 1 aliphatic carbocycles. The third-order valence-electron chi connectivity index (χ3n) is 7.56. The first-order valence-electron chi connectivity index (χ1n) is 13.3. The van der Waals surface area contributed by atoms with Crippen molar-refractivity contribution >= 4 is 33.6 Å². The van der Waals surface area contributed by atoms with Crippen LogP contribution in [0.5, 0.6) is 0 Å². The van der Waals surface area contributed by atoms with Crippen LogP contribution < -0.4 is 4.90 Å². The summed E-state index contributed by atoms with van der Waals surface area (Å²) in [6.45, 7) is 13.1. The molecule has 0 amide bonds. The number of thiazole rings is 1. The maximum Gasteiger partial charge on any atom is 0.187 e. The lowest BCUT2D eigenvalue weighted by Gasteiger charge is -2.33. The first-order valence-corrected chi connectivity index (χ1v) is 14.5. The van der Waals surface area contributed by atoms with Gasteiger partial charge in [-0.25, -0.2) is 4.98 Å². The second kappa shape index (κ2) is 10.6. The van der Waals surface area contributed by atoms with Gasteiger partial charge in [-0.2, -0.15) is 5.26 Å². The molecule has 5 rings (SSSR count). The number of aromatic nitrogens is 1. The number of nitrogens with zero attached hydrogens (tertiary/aromatic N) is 4. The SMILES string of the molecule is C=C(CC(C)(C)C)N1CC=C(c2ccc3c(c2)C(N(C)c2nc(-c4ccc(Cl)cc4)c(C#N)s2)CC3)CC1. The van der Waals surface area contributed by atoms with Crippen molar-refractivity contribution in [2.45, 2.75) is 52.5 Å². The largest absolute Gasteiger partial charge is 0.371 e. The van der Waals surface area contributed by atoms with E-state index in [9.17, 15) is 5.26 Å². The Morgan fingerprint density at radius 3 is 2.58 bits per heavy atom. The molecule has 1 unspecified atom stereocenters. The van der Waals surface area contributed by atoms with Gasteiger partial charge in [0.2, 0.25) is 0 Å². The molecule has 0 N–H and O–H groups in total. The van der Waals surface area contributed by atoms with E-state index in [0.29, 0.717) is 9.90 Å². The number of anilines is 1. The number of hydrogen-bond acceptors (Lipinski definition) is 5.